The molecule has 0 radical (unpaired) electrons. The molecule has 22 heavy (non-hydrogen) atoms. The minimum absolute atomic E-state index is 0. The van der Waals surface area contributed by atoms with E-state index in [1.54, 1.807) is 13.3 Å². The van der Waals surface area contributed by atoms with Gasteiger partial charge in [0.2, 0.25) is 5.91 Å². The van der Waals surface area contributed by atoms with Gasteiger partial charge in [-0.25, -0.2) is 4.98 Å². The molecule has 0 aromatic carbocycles. The smallest absolute Gasteiger partial charge is 0.242 e. The normalized spacial score (nSPS) is 18.8. The van der Waals surface area contributed by atoms with Gasteiger partial charge in [0.1, 0.15) is 11.6 Å². The molecule has 0 bridgehead atoms. The summed E-state index contributed by atoms with van der Waals surface area (Å²) in [5.41, 5.74) is 5.41. The van der Waals surface area contributed by atoms with Gasteiger partial charge in [-0.3, -0.25) is 4.79 Å². The molecular weight excluding hydrogens is 327 g/mol. The molecule has 1 saturated carbocycles. The lowest BCUT2D eigenvalue weighted by Gasteiger charge is -2.36. The van der Waals surface area contributed by atoms with E-state index in [9.17, 15) is 4.79 Å². The average molecular weight is 349 g/mol. The maximum Gasteiger partial charge on any atom is 0.242 e. The van der Waals surface area contributed by atoms with E-state index in [1.165, 1.54) is 0 Å². The molecular formula is C14H22Cl2N4O2. The minimum atomic E-state index is -0.559. The Morgan fingerprint density at radius 1 is 1.27 bits per heavy atom. The van der Waals surface area contributed by atoms with Gasteiger partial charge in [0, 0.05) is 38.4 Å². The molecule has 124 valence electrons. The van der Waals surface area contributed by atoms with Crippen molar-refractivity contribution < 1.29 is 9.53 Å². The van der Waals surface area contributed by atoms with Gasteiger partial charge in [0.05, 0.1) is 12.6 Å². The van der Waals surface area contributed by atoms with Crippen LogP contribution < -0.4 is 15.4 Å². The van der Waals surface area contributed by atoms with Crippen molar-refractivity contribution in [2.24, 2.45) is 5.73 Å². The number of hydrogen-bond donors (Lipinski definition) is 1. The van der Waals surface area contributed by atoms with E-state index in [4.69, 9.17) is 10.5 Å². The summed E-state index contributed by atoms with van der Waals surface area (Å²) in [4.78, 5) is 20.6. The zero-order chi connectivity index (χ0) is 14.2. The number of hydrogen-bond acceptors (Lipinski definition) is 5. The molecule has 2 aliphatic rings. The fourth-order valence-electron chi connectivity index (χ4n) is 2.50. The molecule has 1 aromatic heterocycles. The highest BCUT2D eigenvalue weighted by Crippen LogP contribution is 2.34. The lowest BCUT2D eigenvalue weighted by atomic mass is 10.2. The molecule has 1 aliphatic heterocycles. The lowest BCUT2D eigenvalue weighted by Crippen LogP contribution is -2.54. The highest BCUT2D eigenvalue weighted by Gasteiger charge is 2.48. The first-order valence-electron chi connectivity index (χ1n) is 6.96. The lowest BCUT2D eigenvalue weighted by molar-refractivity contribution is -0.133. The van der Waals surface area contributed by atoms with Crippen molar-refractivity contribution in [1.29, 1.82) is 0 Å². The predicted octanol–water partition coefficient (Wildman–Crippen LogP) is 1.07. The number of rotatable bonds is 3. The fraction of sp³-hybridized carbons (Fsp3) is 0.571. The van der Waals surface area contributed by atoms with E-state index in [-0.39, 0.29) is 30.7 Å². The van der Waals surface area contributed by atoms with Crippen molar-refractivity contribution in [2.45, 2.75) is 18.4 Å². The van der Waals surface area contributed by atoms with E-state index < -0.39 is 5.54 Å². The largest absolute Gasteiger partial charge is 0.497 e. The summed E-state index contributed by atoms with van der Waals surface area (Å²) in [6.45, 7) is 2.97. The van der Waals surface area contributed by atoms with Gasteiger partial charge < -0.3 is 20.3 Å². The summed E-state index contributed by atoms with van der Waals surface area (Å²) in [7, 11) is 1.64. The first-order chi connectivity index (χ1) is 9.62. The number of halogens is 2. The molecule has 1 aromatic rings. The molecule has 0 spiro atoms. The van der Waals surface area contributed by atoms with Gasteiger partial charge in [-0.2, -0.15) is 0 Å². The van der Waals surface area contributed by atoms with Crippen LogP contribution in [-0.4, -0.2) is 54.6 Å². The Hall–Kier alpha value is -1.24. The zero-order valence-electron chi connectivity index (χ0n) is 12.5. The van der Waals surface area contributed by atoms with Crippen LogP contribution in [0.15, 0.2) is 18.3 Å². The van der Waals surface area contributed by atoms with Gasteiger partial charge >= 0.3 is 0 Å². The Morgan fingerprint density at radius 3 is 2.45 bits per heavy atom. The van der Waals surface area contributed by atoms with Crippen molar-refractivity contribution in [1.82, 2.24) is 9.88 Å². The Kier molecular flexibility index (Phi) is 6.28. The molecule has 3 rings (SSSR count). The second-order valence-corrected chi connectivity index (χ2v) is 5.49. The van der Waals surface area contributed by atoms with Crippen LogP contribution >= 0.6 is 24.8 Å². The molecule has 0 atom stereocenters. The number of nitrogens with two attached hydrogens (primary N) is 1. The van der Waals surface area contributed by atoms with E-state index in [0.29, 0.717) is 13.1 Å². The van der Waals surface area contributed by atoms with Gasteiger partial charge in [-0.15, -0.1) is 24.8 Å². The van der Waals surface area contributed by atoms with E-state index in [0.717, 1.165) is 37.5 Å². The number of pyridine rings is 1. The highest BCUT2D eigenvalue weighted by molar-refractivity contribution is 5.89. The van der Waals surface area contributed by atoms with Gasteiger partial charge in [-0.1, -0.05) is 0 Å². The Morgan fingerprint density at radius 2 is 1.91 bits per heavy atom. The van der Waals surface area contributed by atoms with E-state index in [2.05, 4.69) is 9.88 Å². The number of nitrogens with zero attached hydrogens (tertiary/aromatic N) is 3. The van der Waals surface area contributed by atoms with Crippen LogP contribution in [0, 0.1) is 0 Å². The van der Waals surface area contributed by atoms with Crippen molar-refractivity contribution in [3.63, 3.8) is 0 Å². The summed E-state index contributed by atoms with van der Waals surface area (Å²) in [5, 5.41) is 0. The molecule has 8 heteroatoms. The Bertz CT molecular complexity index is 517. The number of amides is 1. The molecule has 1 amide bonds. The van der Waals surface area contributed by atoms with Crippen molar-refractivity contribution >= 4 is 36.5 Å². The Balaban J connectivity index is 0.00000121. The number of methoxy groups -OCH3 is 1. The quantitative estimate of drug-likeness (QED) is 0.884. The first-order valence-corrected chi connectivity index (χ1v) is 6.96. The number of aromatic nitrogens is 1. The van der Waals surface area contributed by atoms with Gasteiger partial charge in [0.25, 0.3) is 0 Å². The molecule has 2 fully saturated rings. The van der Waals surface area contributed by atoms with Gasteiger partial charge in [-0.05, 0) is 18.9 Å². The first kappa shape index (κ1) is 18.8. The van der Waals surface area contributed by atoms with Crippen molar-refractivity contribution in [3.05, 3.63) is 18.3 Å². The third kappa shape index (κ3) is 3.74. The fourth-order valence-corrected chi connectivity index (χ4v) is 2.50. The molecule has 6 nitrogen and oxygen atoms in total. The number of ether oxygens (including phenoxy) is 1. The third-order valence-corrected chi connectivity index (χ3v) is 4.06. The van der Waals surface area contributed by atoms with Crippen molar-refractivity contribution in [2.75, 3.05) is 38.2 Å². The number of carbonyl (C=O) groups excluding carboxylic acids is 1. The van der Waals surface area contributed by atoms with Crippen LogP contribution in [0.2, 0.25) is 0 Å². The second kappa shape index (κ2) is 7.35. The average Bonchev–Trinajstić information content (AvgIpc) is 3.26. The number of piperazine rings is 1. The van der Waals surface area contributed by atoms with Crippen LogP contribution in [0.25, 0.3) is 0 Å². The minimum Gasteiger partial charge on any atom is -0.497 e. The number of carbonyl (C=O) groups is 1. The summed E-state index contributed by atoms with van der Waals surface area (Å²) >= 11 is 0. The van der Waals surface area contributed by atoms with Crippen molar-refractivity contribution in [3.8, 4) is 5.75 Å². The second-order valence-electron chi connectivity index (χ2n) is 5.49. The Labute approximate surface area is 142 Å². The summed E-state index contributed by atoms with van der Waals surface area (Å²) in [6.07, 6.45) is 3.39. The van der Waals surface area contributed by atoms with Gasteiger partial charge in [0.15, 0.2) is 0 Å². The van der Waals surface area contributed by atoms with E-state index in [1.807, 2.05) is 17.0 Å². The summed E-state index contributed by atoms with van der Waals surface area (Å²) in [6, 6.07) is 3.75. The summed E-state index contributed by atoms with van der Waals surface area (Å²) in [5.74, 6) is 1.80. The molecule has 1 saturated heterocycles. The monoisotopic (exact) mass is 348 g/mol. The molecule has 0 unspecified atom stereocenters. The van der Waals surface area contributed by atoms with E-state index >= 15 is 0 Å². The van der Waals surface area contributed by atoms with Crippen LogP contribution in [0.3, 0.4) is 0 Å². The maximum atomic E-state index is 12.2. The van der Waals surface area contributed by atoms with Crippen LogP contribution in [0.5, 0.6) is 5.75 Å². The summed E-state index contributed by atoms with van der Waals surface area (Å²) < 4.78 is 5.21. The molecule has 1 aliphatic carbocycles. The molecule has 2 heterocycles. The van der Waals surface area contributed by atoms with Crippen LogP contribution in [0.1, 0.15) is 12.8 Å². The SMILES string of the molecule is COc1ccnc(N2CCN(C(=O)C3(N)CC3)CC2)c1.Cl.Cl. The van der Waals surface area contributed by atoms with Crippen LogP contribution in [0.4, 0.5) is 5.82 Å². The maximum absolute atomic E-state index is 12.2. The number of anilines is 1. The topological polar surface area (TPSA) is 71.7 Å². The zero-order valence-corrected chi connectivity index (χ0v) is 14.2. The highest BCUT2D eigenvalue weighted by atomic mass is 35.5. The van der Waals surface area contributed by atoms with Crippen LogP contribution in [-0.2, 0) is 4.79 Å². The predicted molar refractivity (Wildman–Crippen MR) is 90.2 cm³/mol. The molecule has 2 N–H and O–H groups in total. The standard InChI is InChI=1S/C14H20N4O2.2ClH/c1-20-11-2-5-16-12(10-11)17-6-8-18(9-7-17)13(19)14(15)3-4-14;;/h2,5,10H,3-4,6-9,15H2,1H3;2*1H. The third-order valence-electron chi connectivity index (χ3n) is 4.06.